The summed E-state index contributed by atoms with van der Waals surface area (Å²) in [5.41, 5.74) is 7.35. The topological polar surface area (TPSA) is 66.6 Å². The van der Waals surface area contributed by atoms with Crippen molar-refractivity contribution in [2.24, 2.45) is 0 Å². The Kier molecular flexibility index (Phi) is 5.27. The van der Waals surface area contributed by atoms with Crippen molar-refractivity contribution in [3.63, 3.8) is 0 Å². The van der Waals surface area contributed by atoms with Crippen molar-refractivity contribution >= 4 is 17.3 Å². The second kappa shape index (κ2) is 7.17. The van der Waals surface area contributed by atoms with Crippen LogP contribution in [-0.2, 0) is 0 Å². The zero-order chi connectivity index (χ0) is 14.4. The molecule has 20 heavy (non-hydrogen) atoms. The molecule has 4 heteroatoms. The number of rotatable bonds is 2. The third-order valence-corrected chi connectivity index (χ3v) is 3.95. The van der Waals surface area contributed by atoms with Crippen LogP contribution in [0.15, 0.2) is 18.2 Å². The molecule has 0 bridgehead atoms. The lowest BCUT2D eigenvalue weighted by molar-refractivity contribution is 0.0697. The van der Waals surface area contributed by atoms with Crippen molar-refractivity contribution in [3.05, 3.63) is 23.8 Å². The third kappa shape index (κ3) is 3.89. The lowest BCUT2D eigenvalue weighted by atomic mass is 10.0. The molecule has 1 heterocycles. The van der Waals surface area contributed by atoms with Crippen LogP contribution in [0.1, 0.15) is 55.3 Å². The van der Waals surface area contributed by atoms with Crippen LogP contribution in [0.2, 0.25) is 0 Å². The Morgan fingerprint density at radius 3 is 2.10 bits per heavy atom. The molecule has 110 valence electrons. The van der Waals surface area contributed by atoms with Crippen molar-refractivity contribution in [2.45, 2.75) is 44.9 Å². The highest BCUT2D eigenvalue weighted by molar-refractivity contribution is 5.95. The summed E-state index contributed by atoms with van der Waals surface area (Å²) in [4.78, 5) is 13.6. The normalized spacial score (nSPS) is 17.7. The van der Waals surface area contributed by atoms with E-state index in [-0.39, 0.29) is 0 Å². The fourth-order valence-electron chi connectivity index (χ4n) is 2.84. The van der Waals surface area contributed by atoms with E-state index in [1.807, 2.05) is 6.07 Å². The van der Waals surface area contributed by atoms with Gasteiger partial charge in [0.2, 0.25) is 0 Å². The molecule has 1 saturated heterocycles. The monoisotopic (exact) mass is 276 g/mol. The van der Waals surface area contributed by atoms with Crippen molar-refractivity contribution < 1.29 is 9.90 Å². The SMILES string of the molecule is Nc1ccc(N2CCCCCCCCC2)c(C(=O)O)c1. The zero-order valence-corrected chi connectivity index (χ0v) is 12.0. The highest BCUT2D eigenvalue weighted by atomic mass is 16.4. The van der Waals surface area contributed by atoms with Crippen LogP contribution in [0.4, 0.5) is 11.4 Å². The van der Waals surface area contributed by atoms with Gasteiger partial charge in [-0.2, -0.15) is 0 Å². The third-order valence-electron chi connectivity index (χ3n) is 3.95. The van der Waals surface area contributed by atoms with E-state index < -0.39 is 5.97 Å². The highest BCUT2D eigenvalue weighted by Crippen LogP contribution is 2.25. The number of aromatic carboxylic acids is 1. The number of nitrogens with two attached hydrogens (primary N) is 1. The van der Waals surface area contributed by atoms with E-state index in [4.69, 9.17) is 5.73 Å². The first-order valence-corrected chi connectivity index (χ1v) is 7.56. The molecule has 1 aromatic rings. The molecule has 0 saturated carbocycles. The van der Waals surface area contributed by atoms with E-state index in [2.05, 4.69) is 4.90 Å². The molecule has 2 rings (SSSR count). The number of hydrogen-bond donors (Lipinski definition) is 2. The molecule has 1 aromatic carbocycles. The Bertz CT molecular complexity index is 450. The van der Waals surface area contributed by atoms with E-state index in [0.717, 1.165) is 31.6 Å². The summed E-state index contributed by atoms with van der Waals surface area (Å²) in [7, 11) is 0. The summed E-state index contributed by atoms with van der Waals surface area (Å²) < 4.78 is 0. The molecule has 1 aliphatic rings. The van der Waals surface area contributed by atoms with E-state index in [1.54, 1.807) is 12.1 Å². The van der Waals surface area contributed by atoms with E-state index in [1.165, 1.54) is 32.1 Å². The van der Waals surface area contributed by atoms with E-state index >= 15 is 0 Å². The minimum absolute atomic E-state index is 0.321. The lowest BCUT2D eigenvalue weighted by Gasteiger charge is -2.27. The maximum atomic E-state index is 11.4. The minimum Gasteiger partial charge on any atom is -0.478 e. The summed E-state index contributed by atoms with van der Waals surface area (Å²) in [6.07, 6.45) is 8.64. The summed E-state index contributed by atoms with van der Waals surface area (Å²) in [6.45, 7) is 1.87. The van der Waals surface area contributed by atoms with E-state index in [0.29, 0.717) is 11.3 Å². The van der Waals surface area contributed by atoms with Gasteiger partial charge in [-0.1, -0.05) is 32.1 Å². The number of carbonyl (C=O) groups is 1. The maximum absolute atomic E-state index is 11.4. The Morgan fingerprint density at radius 1 is 1.00 bits per heavy atom. The second-order valence-corrected chi connectivity index (χ2v) is 5.54. The van der Waals surface area contributed by atoms with Crippen molar-refractivity contribution in [2.75, 3.05) is 23.7 Å². The molecule has 1 fully saturated rings. The van der Waals surface area contributed by atoms with Gasteiger partial charge in [0.25, 0.3) is 0 Å². The van der Waals surface area contributed by atoms with Crippen LogP contribution in [0.3, 0.4) is 0 Å². The molecule has 3 N–H and O–H groups in total. The molecule has 0 aliphatic carbocycles. The van der Waals surface area contributed by atoms with Gasteiger partial charge in [-0.05, 0) is 31.0 Å². The number of carboxylic acids is 1. The number of carboxylic acid groups (broad SMARTS) is 1. The van der Waals surface area contributed by atoms with Gasteiger partial charge in [-0.15, -0.1) is 0 Å². The van der Waals surface area contributed by atoms with Gasteiger partial charge in [0, 0.05) is 18.8 Å². The summed E-state index contributed by atoms with van der Waals surface area (Å²) in [5.74, 6) is -0.899. The van der Waals surface area contributed by atoms with Gasteiger partial charge < -0.3 is 15.7 Å². The molecule has 0 amide bonds. The van der Waals surface area contributed by atoms with Gasteiger partial charge in [-0.25, -0.2) is 4.79 Å². The quantitative estimate of drug-likeness (QED) is 0.811. The second-order valence-electron chi connectivity index (χ2n) is 5.54. The lowest BCUT2D eigenvalue weighted by Crippen LogP contribution is -2.28. The minimum atomic E-state index is -0.899. The Balaban J connectivity index is 2.20. The fraction of sp³-hybridized carbons (Fsp3) is 0.562. The van der Waals surface area contributed by atoms with Gasteiger partial charge in [-0.3, -0.25) is 0 Å². The molecule has 1 aliphatic heterocycles. The Labute approximate surface area is 120 Å². The molecule has 0 radical (unpaired) electrons. The molecule has 0 atom stereocenters. The molecule has 0 unspecified atom stereocenters. The van der Waals surface area contributed by atoms with Crippen LogP contribution in [0.25, 0.3) is 0 Å². The Hall–Kier alpha value is -1.71. The Morgan fingerprint density at radius 2 is 1.55 bits per heavy atom. The maximum Gasteiger partial charge on any atom is 0.337 e. The number of nitrogen functional groups attached to an aromatic ring is 1. The molecule has 0 spiro atoms. The van der Waals surface area contributed by atoms with Crippen LogP contribution >= 0.6 is 0 Å². The molecular formula is C16H24N2O2. The number of benzene rings is 1. The fourth-order valence-corrected chi connectivity index (χ4v) is 2.84. The number of anilines is 2. The van der Waals surface area contributed by atoms with Crippen molar-refractivity contribution in [3.8, 4) is 0 Å². The predicted octanol–water partition coefficient (Wildman–Crippen LogP) is 3.52. The first-order valence-electron chi connectivity index (χ1n) is 7.56. The van der Waals surface area contributed by atoms with Gasteiger partial charge in [0.05, 0.1) is 11.3 Å². The average molecular weight is 276 g/mol. The summed E-state index contributed by atoms with van der Waals surface area (Å²) in [5, 5.41) is 9.36. The van der Waals surface area contributed by atoms with Crippen molar-refractivity contribution in [1.82, 2.24) is 0 Å². The largest absolute Gasteiger partial charge is 0.478 e. The van der Waals surface area contributed by atoms with Gasteiger partial charge >= 0.3 is 5.97 Å². The number of nitrogens with zero attached hydrogens (tertiary/aromatic N) is 1. The van der Waals surface area contributed by atoms with Crippen molar-refractivity contribution in [1.29, 1.82) is 0 Å². The summed E-state index contributed by atoms with van der Waals surface area (Å²) >= 11 is 0. The van der Waals surface area contributed by atoms with Gasteiger partial charge in [0.15, 0.2) is 0 Å². The predicted molar refractivity (Wildman–Crippen MR) is 82.3 cm³/mol. The van der Waals surface area contributed by atoms with Gasteiger partial charge in [0.1, 0.15) is 0 Å². The first-order chi connectivity index (χ1) is 9.68. The van der Waals surface area contributed by atoms with Crippen LogP contribution < -0.4 is 10.6 Å². The van der Waals surface area contributed by atoms with Crippen LogP contribution in [0.5, 0.6) is 0 Å². The van der Waals surface area contributed by atoms with Crippen LogP contribution in [-0.4, -0.2) is 24.2 Å². The smallest absolute Gasteiger partial charge is 0.337 e. The molecule has 4 nitrogen and oxygen atoms in total. The zero-order valence-electron chi connectivity index (χ0n) is 12.0. The first kappa shape index (κ1) is 14.7. The van der Waals surface area contributed by atoms with Crippen LogP contribution in [0, 0.1) is 0 Å². The standard InChI is InChI=1S/C16H24N2O2/c17-13-8-9-15(14(12-13)16(19)20)18-10-6-4-2-1-3-5-7-11-18/h8-9,12H,1-7,10-11,17H2,(H,19,20). The highest BCUT2D eigenvalue weighted by Gasteiger charge is 2.16. The van der Waals surface area contributed by atoms with E-state index in [9.17, 15) is 9.90 Å². The number of hydrogen-bond acceptors (Lipinski definition) is 3. The average Bonchev–Trinajstić information content (AvgIpc) is 2.44. The molecule has 0 aromatic heterocycles. The summed E-state index contributed by atoms with van der Waals surface area (Å²) in [6, 6.07) is 5.21. The molecular weight excluding hydrogens is 252 g/mol.